The van der Waals surface area contributed by atoms with Crippen molar-refractivity contribution in [3.63, 3.8) is 0 Å². The molecule has 1 fully saturated rings. The van der Waals surface area contributed by atoms with Crippen LogP contribution < -0.4 is 5.32 Å². The van der Waals surface area contributed by atoms with Crippen LogP contribution >= 0.6 is 0 Å². The van der Waals surface area contributed by atoms with Gasteiger partial charge in [0.2, 0.25) is 12.3 Å². The Hall–Kier alpha value is -3.77. The van der Waals surface area contributed by atoms with Crippen molar-refractivity contribution < 1.29 is 31.9 Å². The summed E-state index contributed by atoms with van der Waals surface area (Å²) in [5.41, 5.74) is -0.274. The Morgan fingerprint density at radius 3 is 2.66 bits per heavy atom. The number of carbonyl (C=O) groups is 2. The molecule has 38 heavy (non-hydrogen) atoms. The highest BCUT2D eigenvalue weighted by atomic mass is 19.3. The molecule has 3 atom stereocenters. The first-order chi connectivity index (χ1) is 17.9. The number of carbonyl (C=O) groups excluding carboxylic acids is 2. The van der Waals surface area contributed by atoms with E-state index in [4.69, 9.17) is 4.74 Å². The Morgan fingerprint density at radius 2 is 1.97 bits per heavy atom. The molecule has 0 aliphatic carbocycles. The van der Waals surface area contributed by atoms with Crippen LogP contribution in [0.25, 0.3) is 22.3 Å². The fourth-order valence-electron chi connectivity index (χ4n) is 4.93. The van der Waals surface area contributed by atoms with Gasteiger partial charge < -0.3 is 15.0 Å². The van der Waals surface area contributed by atoms with E-state index >= 15 is 4.39 Å². The molecule has 2 aliphatic rings. The normalized spacial score (nSPS) is 21.9. The number of halogens is 4. The van der Waals surface area contributed by atoms with Crippen molar-refractivity contribution in [1.82, 2.24) is 24.6 Å². The third kappa shape index (κ3) is 4.76. The number of alkyl halides is 3. The fraction of sp³-hybridized carbons (Fsp3) is 0.480. The second-order valence-electron chi connectivity index (χ2n) is 10.4. The van der Waals surface area contributed by atoms with Gasteiger partial charge in [0, 0.05) is 23.9 Å². The summed E-state index contributed by atoms with van der Waals surface area (Å²) < 4.78 is 64.5. The predicted octanol–water partition coefficient (Wildman–Crippen LogP) is 4.84. The number of nitrogens with one attached hydrogen (secondary N) is 1. The maximum Gasteiger partial charge on any atom is 0.410 e. The van der Waals surface area contributed by atoms with E-state index in [0.717, 1.165) is 6.33 Å². The van der Waals surface area contributed by atoms with E-state index < -0.39 is 54.4 Å². The topological polar surface area (TPSA) is 102 Å². The Balaban J connectivity index is 1.56. The first-order valence-corrected chi connectivity index (χ1v) is 12.2. The highest BCUT2D eigenvalue weighted by molar-refractivity contribution is 5.98. The van der Waals surface area contributed by atoms with Gasteiger partial charge in [0.25, 0.3) is 0 Å². The highest BCUT2D eigenvalue weighted by Crippen LogP contribution is 2.42. The molecule has 202 valence electrons. The van der Waals surface area contributed by atoms with Gasteiger partial charge in [-0.1, -0.05) is 0 Å². The van der Waals surface area contributed by atoms with E-state index in [0.29, 0.717) is 5.39 Å². The molecule has 1 aromatic carbocycles. The molecule has 0 bridgehead atoms. The number of ether oxygens (including phenoxy) is 1. The zero-order valence-electron chi connectivity index (χ0n) is 20.9. The lowest BCUT2D eigenvalue weighted by Crippen LogP contribution is -2.47. The molecule has 13 heteroatoms. The quantitative estimate of drug-likeness (QED) is 0.483. The van der Waals surface area contributed by atoms with Crippen molar-refractivity contribution in [3.8, 4) is 11.4 Å². The average molecular weight is 535 g/mol. The lowest BCUT2D eigenvalue weighted by atomic mass is 9.90. The summed E-state index contributed by atoms with van der Waals surface area (Å²) >= 11 is 0. The van der Waals surface area contributed by atoms with Crippen LogP contribution in [0.2, 0.25) is 0 Å². The van der Waals surface area contributed by atoms with Crippen LogP contribution in [-0.4, -0.2) is 67.9 Å². The number of piperidine rings is 1. The summed E-state index contributed by atoms with van der Waals surface area (Å²) in [5, 5.41) is 7.42. The van der Waals surface area contributed by atoms with Crippen molar-refractivity contribution in [3.05, 3.63) is 35.9 Å². The largest absolute Gasteiger partial charge is 0.444 e. The Kier molecular flexibility index (Phi) is 6.48. The molecule has 0 radical (unpaired) electrons. The number of amides is 2. The average Bonchev–Trinajstić information content (AvgIpc) is 3.20. The SMILES string of the molecule is CC(C)(C)OC(=O)N1CC[C@H](n2nc(-c3ncnc4c3C(C(F)F)CC(=O)N4)c3ccc(F)cc32)[C@H](F)C1. The van der Waals surface area contributed by atoms with E-state index in [1.165, 1.54) is 27.8 Å². The molecule has 9 nitrogen and oxygen atoms in total. The number of rotatable bonds is 3. The van der Waals surface area contributed by atoms with Crippen LogP contribution in [0.15, 0.2) is 24.5 Å². The minimum atomic E-state index is -2.87. The van der Waals surface area contributed by atoms with Crippen molar-refractivity contribution in [2.75, 3.05) is 18.4 Å². The predicted molar refractivity (Wildman–Crippen MR) is 129 cm³/mol. The van der Waals surface area contributed by atoms with E-state index in [9.17, 15) is 22.8 Å². The molecular formula is C25H26F4N6O3. The third-order valence-electron chi connectivity index (χ3n) is 6.59. The Labute approximate surface area is 215 Å². The Bertz CT molecular complexity index is 1410. The van der Waals surface area contributed by atoms with Crippen LogP contribution in [0.3, 0.4) is 0 Å². The summed E-state index contributed by atoms with van der Waals surface area (Å²) in [6, 6.07) is 2.95. The van der Waals surface area contributed by atoms with E-state index in [1.807, 2.05) is 0 Å². The molecule has 5 rings (SSSR count). The third-order valence-corrected chi connectivity index (χ3v) is 6.59. The van der Waals surface area contributed by atoms with Crippen LogP contribution in [0, 0.1) is 5.82 Å². The molecule has 0 spiro atoms. The molecular weight excluding hydrogens is 508 g/mol. The van der Waals surface area contributed by atoms with Gasteiger partial charge >= 0.3 is 6.09 Å². The molecule has 2 amide bonds. The fourth-order valence-corrected chi connectivity index (χ4v) is 4.93. The number of benzene rings is 1. The highest BCUT2D eigenvalue weighted by Gasteiger charge is 2.39. The van der Waals surface area contributed by atoms with Gasteiger partial charge in [0.1, 0.15) is 41.1 Å². The molecule has 2 aliphatic heterocycles. The minimum Gasteiger partial charge on any atom is -0.444 e. The molecule has 2 aromatic heterocycles. The van der Waals surface area contributed by atoms with Gasteiger partial charge in [-0.2, -0.15) is 5.10 Å². The van der Waals surface area contributed by atoms with E-state index in [-0.39, 0.29) is 47.8 Å². The zero-order chi connectivity index (χ0) is 27.4. The number of fused-ring (bicyclic) bond motifs is 2. The van der Waals surface area contributed by atoms with Crippen molar-refractivity contribution in [1.29, 1.82) is 0 Å². The second kappa shape index (κ2) is 9.52. The number of hydrogen-bond donors (Lipinski definition) is 1. The number of anilines is 1. The number of nitrogens with zero attached hydrogens (tertiary/aromatic N) is 5. The standard InChI is InChI=1S/C25H26F4N6O3/c1-25(2,3)38-24(37)34-7-6-16(15(27)10-34)35-17-8-12(26)4-5-13(17)20(33-35)21-19-14(22(28)29)9-18(36)32-23(19)31-11-30-21/h4-5,8,11,14-16,22H,6-7,9-10H2,1-3H3,(H,30,31,32,36)/t14?,15-,16+/m1/s1. The Morgan fingerprint density at radius 1 is 1.21 bits per heavy atom. The van der Waals surface area contributed by atoms with Crippen LogP contribution in [-0.2, 0) is 9.53 Å². The van der Waals surface area contributed by atoms with Gasteiger partial charge in [-0.15, -0.1) is 0 Å². The van der Waals surface area contributed by atoms with Gasteiger partial charge in [-0.25, -0.2) is 32.3 Å². The number of likely N-dealkylation sites (tertiary alicyclic amines) is 1. The molecule has 4 heterocycles. The molecule has 1 saturated heterocycles. The van der Waals surface area contributed by atoms with Gasteiger partial charge in [0.15, 0.2) is 0 Å². The number of hydrogen-bond acceptors (Lipinski definition) is 6. The van der Waals surface area contributed by atoms with Gasteiger partial charge in [-0.05, 0) is 45.4 Å². The zero-order valence-corrected chi connectivity index (χ0v) is 20.9. The summed E-state index contributed by atoms with van der Waals surface area (Å²) in [6.45, 7) is 5.06. The van der Waals surface area contributed by atoms with Crippen molar-refractivity contribution in [2.24, 2.45) is 0 Å². The molecule has 0 saturated carbocycles. The second-order valence-corrected chi connectivity index (χ2v) is 10.4. The molecule has 3 aromatic rings. The summed E-state index contributed by atoms with van der Waals surface area (Å²) in [5.74, 6) is -2.70. The van der Waals surface area contributed by atoms with Crippen molar-refractivity contribution in [2.45, 2.75) is 63.8 Å². The minimum absolute atomic E-state index is 0.0227. The van der Waals surface area contributed by atoms with E-state index in [2.05, 4.69) is 20.4 Å². The lowest BCUT2D eigenvalue weighted by Gasteiger charge is -2.35. The first kappa shape index (κ1) is 25.9. The number of aromatic nitrogens is 4. The lowest BCUT2D eigenvalue weighted by molar-refractivity contribution is -0.117. The van der Waals surface area contributed by atoms with Crippen LogP contribution in [0.4, 0.5) is 28.2 Å². The molecule has 1 unspecified atom stereocenters. The summed E-state index contributed by atoms with van der Waals surface area (Å²) in [6.07, 6.45) is -4.26. The summed E-state index contributed by atoms with van der Waals surface area (Å²) in [7, 11) is 0. The van der Waals surface area contributed by atoms with E-state index in [1.54, 1.807) is 20.8 Å². The van der Waals surface area contributed by atoms with Gasteiger partial charge in [0.05, 0.1) is 24.0 Å². The monoisotopic (exact) mass is 534 g/mol. The van der Waals surface area contributed by atoms with Crippen LogP contribution in [0.1, 0.15) is 51.1 Å². The van der Waals surface area contributed by atoms with Crippen LogP contribution in [0.5, 0.6) is 0 Å². The first-order valence-electron chi connectivity index (χ1n) is 12.2. The summed E-state index contributed by atoms with van der Waals surface area (Å²) in [4.78, 5) is 33.9. The maximum absolute atomic E-state index is 15.5. The smallest absolute Gasteiger partial charge is 0.410 e. The molecule has 1 N–H and O–H groups in total. The maximum atomic E-state index is 15.5. The van der Waals surface area contributed by atoms with Crippen molar-refractivity contribution >= 4 is 28.7 Å². The van der Waals surface area contributed by atoms with Gasteiger partial charge in [-0.3, -0.25) is 9.48 Å².